The Kier molecular flexibility index (Phi) is 5.10. The summed E-state index contributed by atoms with van der Waals surface area (Å²) in [4.78, 5) is 26.6. The Hall–Kier alpha value is -2.99. The van der Waals surface area contributed by atoms with Crippen LogP contribution in [0.1, 0.15) is 11.1 Å². The molecule has 0 aliphatic carbocycles. The molecule has 0 saturated carbocycles. The first-order valence-electron chi connectivity index (χ1n) is 8.22. The Morgan fingerprint density at radius 3 is 2.33 bits per heavy atom. The van der Waals surface area contributed by atoms with E-state index in [0.29, 0.717) is 22.9 Å². The van der Waals surface area contributed by atoms with Crippen LogP contribution >= 0.6 is 11.6 Å². The summed E-state index contributed by atoms with van der Waals surface area (Å²) in [6.45, 7) is 3.89. The number of amides is 2. The predicted octanol–water partition coefficient (Wildman–Crippen LogP) is 3.76. The van der Waals surface area contributed by atoms with E-state index in [-0.39, 0.29) is 10.7 Å². The molecule has 1 heterocycles. The molecule has 27 heavy (non-hydrogen) atoms. The van der Waals surface area contributed by atoms with E-state index in [4.69, 9.17) is 21.1 Å². The van der Waals surface area contributed by atoms with E-state index in [9.17, 15) is 9.59 Å². The zero-order valence-corrected chi connectivity index (χ0v) is 16.2. The summed E-state index contributed by atoms with van der Waals surface area (Å²) < 4.78 is 10.5. The predicted molar refractivity (Wildman–Crippen MR) is 104 cm³/mol. The van der Waals surface area contributed by atoms with Gasteiger partial charge < -0.3 is 14.8 Å². The first-order chi connectivity index (χ1) is 12.9. The Labute approximate surface area is 162 Å². The molecule has 0 unspecified atom stereocenters. The van der Waals surface area contributed by atoms with Gasteiger partial charge in [0.2, 0.25) is 0 Å². The first kappa shape index (κ1) is 18.8. The zero-order valence-electron chi connectivity index (χ0n) is 15.4. The van der Waals surface area contributed by atoms with Crippen molar-refractivity contribution in [1.82, 2.24) is 0 Å². The minimum atomic E-state index is -0.614. The second kappa shape index (κ2) is 7.32. The molecule has 0 radical (unpaired) electrons. The minimum absolute atomic E-state index is 0.0338. The molecule has 0 bridgehead atoms. The Morgan fingerprint density at radius 1 is 0.963 bits per heavy atom. The number of hydrogen-bond donors (Lipinski definition) is 1. The number of hydrogen-bond acceptors (Lipinski definition) is 5. The molecule has 2 aromatic rings. The van der Waals surface area contributed by atoms with Crippen molar-refractivity contribution in [2.24, 2.45) is 0 Å². The molecular weight excluding hydrogens is 368 g/mol. The van der Waals surface area contributed by atoms with Crippen molar-refractivity contribution in [2.45, 2.75) is 13.8 Å². The maximum atomic E-state index is 12.9. The summed E-state index contributed by atoms with van der Waals surface area (Å²) in [6.07, 6.45) is 0. The zero-order chi connectivity index (χ0) is 19.7. The molecule has 2 aromatic carbocycles. The third-order valence-electron chi connectivity index (χ3n) is 4.30. The number of benzene rings is 2. The molecule has 0 saturated heterocycles. The highest BCUT2D eigenvalue weighted by Crippen LogP contribution is 2.37. The summed E-state index contributed by atoms with van der Waals surface area (Å²) in [7, 11) is 2.97. The highest BCUT2D eigenvalue weighted by molar-refractivity contribution is 6.53. The minimum Gasteiger partial charge on any atom is -0.497 e. The number of rotatable bonds is 5. The molecule has 1 aliphatic heterocycles. The fraction of sp³-hybridized carbons (Fsp3) is 0.200. The van der Waals surface area contributed by atoms with Gasteiger partial charge >= 0.3 is 0 Å². The van der Waals surface area contributed by atoms with Crippen LogP contribution in [-0.4, -0.2) is 26.0 Å². The quantitative estimate of drug-likeness (QED) is 0.792. The van der Waals surface area contributed by atoms with E-state index in [2.05, 4.69) is 5.32 Å². The van der Waals surface area contributed by atoms with Gasteiger partial charge in [-0.2, -0.15) is 0 Å². The van der Waals surface area contributed by atoms with Crippen LogP contribution in [0.3, 0.4) is 0 Å². The fourth-order valence-corrected chi connectivity index (χ4v) is 3.10. The maximum Gasteiger partial charge on any atom is 0.283 e. The molecule has 7 heteroatoms. The number of carbonyl (C=O) groups is 2. The van der Waals surface area contributed by atoms with E-state index in [0.717, 1.165) is 16.0 Å². The van der Waals surface area contributed by atoms with Crippen molar-refractivity contribution in [3.05, 3.63) is 58.3 Å². The van der Waals surface area contributed by atoms with Gasteiger partial charge in [0.15, 0.2) is 0 Å². The number of ether oxygens (including phenoxy) is 2. The van der Waals surface area contributed by atoms with Crippen LogP contribution in [0.2, 0.25) is 0 Å². The number of halogens is 1. The van der Waals surface area contributed by atoms with E-state index < -0.39 is 11.8 Å². The SMILES string of the molecule is COc1ccc(N2C(=O)C(Cl)=C(Nc3ccc(C)cc3C)C2=O)c(OC)c1. The Balaban J connectivity index is 1.97. The van der Waals surface area contributed by atoms with Crippen molar-refractivity contribution in [1.29, 1.82) is 0 Å². The highest BCUT2D eigenvalue weighted by Gasteiger charge is 2.40. The summed E-state index contributed by atoms with van der Waals surface area (Å²) >= 11 is 6.20. The molecule has 1 aliphatic rings. The number of methoxy groups -OCH3 is 2. The monoisotopic (exact) mass is 386 g/mol. The van der Waals surface area contributed by atoms with Gasteiger partial charge in [0, 0.05) is 11.8 Å². The lowest BCUT2D eigenvalue weighted by atomic mass is 10.1. The second-order valence-electron chi connectivity index (χ2n) is 6.12. The molecule has 0 atom stereocenters. The smallest absolute Gasteiger partial charge is 0.283 e. The fourth-order valence-electron chi connectivity index (χ4n) is 2.89. The molecule has 0 fully saturated rings. The first-order valence-corrected chi connectivity index (χ1v) is 8.60. The molecule has 1 N–H and O–H groups in total. The lowest BCUT2D eigenvalue weighted by molar-refractivity contribution is -0.120. The standard InChI is InChI=1S/C20H19ClN2O4/c1-11-5-7-14(12(2)9-11)22-18-17(21)19(24)23(20(18)25)15-8-6-13(26-3)10-16(15)27-4/h5-10,22H,1-4H3. The van der Waals surface area contributed by atoms with Crippen molar-refractivity contribution in [3.8, 4) is 11.5 Å². The second-order valence-corrected chi connectivity index (χ2v) is 6.49. The summed E-state index contributed by atoms with van der Waals surface area (Å²) in [5.74, 6) is -0.290. The van der Waals surface area contributed by atoms with Crippen LogP contribution in [0.25, 0.3) is 0 Å². The van der Waals surface area contributed by atoms with Crippen LogP contribution in [0.15, 0.2) is 47.1 Å². The molecular formula is C20H19ClN2O4. The average molecular weight is 387 g/mol. The van der Waals surface area contributed by atoms with Crippen molar-refractivity contribution < 1.29 is 19.1 Å². The topological polar surface area (TPSA) is 67.9 Å². The van der Waals surface area contributed by atoms with Crippen LogP contribution in [0, 0.1) is 13.8 Å². The molecule has 3 rings (SSSR count). The van der Waals surface area contributed by atoms with Crippen molar-refractivity contribution in [3.63, 3.8) is 0 Å². The Bertz CT molecular complexity index is 968. The number of aryl methyl sites for hydroxylation is 2. The van der Waals surface area contributed by atoms with Gasteiger partial charge in [0.25, 0.3) is 11.8 Å². The van der Waals surface area contributed by atoms with Gasteiger partial charge in [-0.25, -0.2) is 4.90 Å². The van der Waals surface area contributed by atoms with Gasteiger partial charge in [0.1, 0.15) is 22.2 Å². The average Bonchev–Trinajstić information content (AvgIpc) is 2.86. The normalized spacial score (nSPS) is 14.0. The number of nitrogens with zero attached hydrogens (tertiary/aromatic N) is 1. The van der Waals surface area contributed by atoms with Gasteiger partial charge in [-0.05, 0) is 37.6 Å². The number of nitrogens with one attached hydrogen (secondary N) is 1. The molecule has 140 valence electrons. The number of carbonyl (C=O) groups excluding carboxylic acids is 2. The van der Waals surface area contributed by atoms with Crippen molar-refractivity contribution >= 4 is 34.8 Å². The summed E-state index contributed by atoms with van der Waals surface area (Å²) in [5, 5.41) is 2.83. The highest BCUT2D eigenvalue weighted by atomic mass is 35.5. The lowest BCUT2D eigenvalue weighted by Gasteiger charge is -2.19. The maximum absolute atomic E-state index is 12.9. The van der Waals surface area contributed by atoms with Gasteiger partial charge in [-0.1, -0.05) is 29.3 Å². The van der Waals surface area contributed by atoms with E-state index in [1.807, 2.05) is 32.0 Å². The largest absolute Gasteiger partial charge is 0.497 e. The molecule has 0 aromatic heterocycles. The van der Waals surface area contributed by atoms with E-state index >= 15 is 0 Å². The number of imide groups is 1. The van der Waals surface area contributed by atoms with Crippen molar-refractivity contribution in [2.75, 3.05) is 24.4 Å². The van der Waals surface area contributed by atoms with Crippen LogP contribution in [0.4, 0.5) is 11.4 Å². The Morgan fingerprint density at radius 2 is 1.70 bits per heavy atom. The lowest BCUT2D eigenvalue weighted by Crippen LogP contribution is -2.32. The molecule has 2 amide bonds. The van der Waals surface area contributed by atoms with Crippen LogP contribution in [-0.2, 0) is 9.59 Å². The van der Waals surface area contributed by atoms with E-state index in [1.54, 1.807) is 18.2 Å². The van der Waals surface area contributed by atoms with Crippen LogP contribution < -0.4 is 19.7 Å². The molecule has 6 nitrogen and oxygen atoms in total. The summed E-state index contributed by atoms with van der Waals surface area (Å²) in [5.41, 5.74) is 3.07. The van der Waals surface area contributed by atoms with Crippen LogP contribution in [0.5, 0.6) is 11.5 Å². The number of anilines is 2. The van der Waals surface area contributed by atoms with E-state index in [1.165, 1.54) is 14.2 Å². The van der Waals surface area contributed by atoms with Gasteiger partial charge in [-0.3, -0.25) is 9.59 Å². The summed E-state index contributed by atoms with van der Waals surface area (Å²) in [6, 6.07) is 10.5. The third kappa shape index (κ3) is 3.36. The van der Waals surface area contributed by atoms with Gasteiger partial charge in [-0.15, -0.1) is 0 Å². The third-order valence-corrected chi connectivity index (χ3v) is 4.65. The van der Waals surface area contributed by atoms with Gasteiger partial charge in [0.05, 0.1) is 19.9 Å². The molecule has 0 spiro atoms.